The van der Waals surface area contributed by atoms with E-state index in [4.69, 9.17) is 0 Å². The predicted octanol–water partition coefficient (Wildman–Crippen LogP) is 3.09. The summed E-state index contributed by atoms with van der Waals surface area (Å²) in [5.74, 6) is -0.511. The van der Waals surface area contributed by atoms with Crippen LogP contribution in [0.25, 0.3) is 0 Å². The van der Waals surface area contributed by atoms with E-state index >= 15 is 0 Å². The number of pyridine rings is 1. The molecule has 0 unspecified atom stereocenters. The average molecular weight is 345 g/mol. The van der Waals surface area contributed by atoms with Crippen LogP contribution >= 0.6 is 15.9 Å². The minimum absolute atomic E-state index is 0.0329. The molecule has 0 bridgehead atoms. The van der Waals surface area contributed by atoms with E-state index in [2.05, 4.69) is 25.6 Å². The van der Waals surface area contributed by atoms with Gasteiger partial charge in [-0.1, -0.05) is 0 Å². The number of hydrogen-bond acceptors (Lipinski definition) is 3. The van der Waals surface area contributed by atoms with E-state index in [0.717, 1.165) is 17.8 Å². The lowest BCUT2D eigenvalue weighted by atomic mass is 10.3. The second-order valence-corrected chi connectivity index (χ2v) is 6.37. The third-order valence-corrected chi connectivity index (χ3v) is 4.71. The summed E-state index contributed by atoms with van der Waals surface area (Å²) in [7, 11) is -3.78. The molecule has 2 rings (SSSR count). The molecule has 1 aromatic heterocycles. The summed E-state index contributed by atoms with van der Waals surface area (Å²) >= 11 is 3.03. The highest BCUT2D eigenvalue weighted by atomic mass is 79.9. The molecule has 100 valence electrons. The Balaban J connectivity index is 2.35. The van der Waals surface area contributed by atoms with Gasteiger partial charge in [0.1, 0.15) is 10.7 Å². The van der Waals surface area contributed by atoms with E-state index < -0.39 is 15.8 Å². The van der Waals surface area contributed by atoms with Crippen molar-refractivity contribution in [3.63, 3.8) is 0 Å². The SMILES string of the molecule is Cc1ccc(NS(=O)(=O)c2ccc(F)cc2Br)cn1. The molecule has 0 fully saturated rings. The quantitative estimate of drug-likeness (QED) is 0.930. The van der Waals surface area contributed by atoms with Gasteiger partial charge in [0, 0.05) is 10.2 Å². The molecule has 0 aliphatic heterocycles. The van der Waals surface area contributed by atoms with Gasteiger partial charge in [-0.05, 0) is 53.2 Å². The first kappa shape index (κ1) is 14.0. The Morgan fingerprint density at radius 1 is 1.26 bits per heavy atom. The van der Waals surface area contributed by atoms with Crippen molar-refractivity contribution in [2.75, 3.05) is 4.72 Å². The molecule has 1 N–H and O–H groups in total. The van der Waals surface area contributed by atoms with Crippen molar-refractivity contribution in [1.29, 1.82) is 0 Å². The first-order chi connectivity index (χ1) is 8.88. The van der Waals surface area contributed by atoms with Gasteiger partial charge < -0.3 is 0 Å². The van der Waals surface area contributed by atoms with Gasteiger partial charge in [0.2, 0.25) is 0 Å². The van der Waals surface area contributed by atoms with Crippen molar-refractivity contribution in [3.05, 3.63) is 52.5 Å². The number of sulfonamides is 1. The van der Waals surface area contributed by atoms with Crippen molar-refractivity contribution in [2.24, 2.45) is 0 Å². The molecule has 0 saturated carbocycles. The number of benzene rings is 1. The Labute approximate surface area is 118 Å². The maximum absolute atomic E-state index is 13.0. The average Bonchev–Trinajstić information content (AvgIpc) is 2.31. The molecule has 0 saturated heterocycles. The Hall–Kier alpha value is -1.47. The number of nitrogens with one attached hydrogen (secondary N) is 1. The van der Waals surface area contributed by atoms with Crippen LogP contribution in [0.1, 0.15) is 5.69 Å². The lowest BCUT2D eigenvalue weighted by molar-refractivity contribution is 0.599. The topological polar surface area (TPSA) is 59.1 Å². The number of aryl methyl sites for hydroxylation is 1. The summed E-state index contributed by atoms with van der Waals surface area (Å²) in [5, 5.41) is 0. The van der Waals surface area contributed by atoms with E-state index in [1.54, 1.807) is 19.1 Å². The Bertz CT molecular complexity index is 702. The molecule has 19 heavy (non-hydrogen) atoms. The molecule has 1 aromatic carbocycles. The number of halogens is 2. The van der Waals surface area contributed by atoms with Crippen LogP contribution in [-0.4, -0.2) is 13.4 Å². The number of nitrogens with zero attached hydrogens (tertiary/aromatic N) is 1. The minimum atomic E-state index is -3.78. The maximum atomic E-state index is 13.0. The van der Waals surface area contributed by atoms with Crippen molar-refractivity contribution in [1.82, 2.24) is 4.98 Å². The van der Waals surface area contributed by atoms with Gasteiger partial charge in [-0.3, -0.25) is 9.71 Å². The van der Waals surface area contributed by atoms with Gasteiger partial charge in [-0.15, -0.1) is 0 Å². The number of anilines is 1. The molecule has 0 aliphatic rings. The number of rotatable bonds is 3. The van der Waals surface area contributed by atoms with Crippen LogP contribution in [0, 0.1) is 12.7 Å². The summed E-state index contributed by atoms with van der Waals surface area (Å²) in [6.07, 6.45) is 1.42. The molecule has 0 amide bonds. The summed E-state index contributed by atoms with van der Waals surface area (Å²) in [6, 6.07) is 6.69. The zero-order valence-electron chi connectivity index (χ0n) is 9.89. The lowest BCUT2D eigenvalue weighted by Crippen LogP contribution is -2.13. The second-order valence-electron chi connectivity index (χ2n) is 3.87. The molecule has 0 atom stereocenters. The van der Waals surface area contributed by atoms with Crippen LogP contribution in [0.5, 0.6) is 0 Å². The van der Waals surface area contributed by atoms with Crippen LogP contribution in [0.15, 0.2) is 45.9 Å². The summed E-state index contributed by atoms with van der Waals surface area (Å²) in [6.45, 7) is 1.80. The maximum Gasteiger partial charge on any atom is 0.263 e. The highest BCUT2D eigenvalue weighted by Gasteiger charge is 2.18. The van der Waals surface area contributed by atoms with E-state index in [1.165, 1.54) is 12.3 Å². The van der Waals surface area contributed by atoms with Gasteiger partial charge in [0.05, 0.1) is 11.9 Å². The summed E-state index contributed by atoms with van der Waals surface area (Å²) < 4.78 is 39.8. The van der Waals surface area contributed by atoms with Crippen molar-refractivity contribution < 1.29 is 12.8 Å². The van der Waals surface area contributed by atoms with Crippen molar-refractivity contribution in [2.45, 2.75) is 11.8 Å². The van der Waals surface area contributed by atoms with Crippen LogP contribution in [0.2, 0.25) is 0 Å². The fourth-order valence-electron chi connectivity index (χ4n) is 1.43. The van der Waals surface area contributed by atoms with Gasteiger partial charge in [-0.25, -0.2) is 12.8 Å². The van der Waals surface area contributed by atoms with E-state index in [1.807, 2.05) is 0 Å². The fourth-order valence-corrected chi connectivity index (χ4v) is 3.53. The largest absolute Gasteiger partial charge is 0.278 e. The summed E-state index contributed by atoms with van der Waals surface area (Å²) in [5.41, 5.74) is 1.13. The van der Waals surface area contributed by atoms with E-state index in [0.29, 0.717) is 5.69 Å². The Morgan fingerprint density at radius 3 is 2.58 bits per heavy atom. The molecular weight excluding hydrogens is 335 g/mol. The standard InChI is InChI=1S/C12H10BrFN2O2S/c1-8-2-4-10(7-15-8)16-19(17,18)12-5-3-9(14)6-11(12)13/h2-7,16H,1H3. The van der Waals surface area contributed by atoms with Gasteiger partial charge >= 0.3 is 0 Å². The second kappa shape index (κ2) is 5.26. The molecule has 0 aliphatic carbocycles. The molecular formula is C12H10BrFN2O2S. The smallest absolute Gasteiger partial charge is 0.263 e. The highest BCUT2D eigenvalue weighted by Crippen LogP contribution is 2.24. The molecule has 1 heterocycles. The zero-order valence-corrected chi connectivity index (χ0v) is 12.3. The van der Waals surface area contributed by atoms with Gasteiger partial charge in [-0.2, -0.15) is 0 Å². The van der Waals surface area contributed by atoms with E-state index in [9.17, 15) is 12.8 Å². The third kappa shape index (κ3) is 3.30. The Morgan fingerprint density at radius 2 is 2.00 bits per heavy atom. The molecule has 4 nitrogen and oxygen atoms in total. The zero-order chi connectivity index (χ0) is 14.0. The predicted molar refractivity (Wildman–Crippen MR) is 73.9 cm³/mol. The fraction of sp³-hybridized carbons (Fsp3) is 0.0833. The van der Waals surface area contributed by atoms with Crippen molar-refractivity contribution >= 4 is 31.6 Å². The first-order valence-electron chi connectivity index (χ1n) is 5.29. The molecule has 2 aromatic rings. The van der Waals surface area contributed by atoms with Crippen LogP contribution in [-0.2, 0) is 10.0 Å². The Kier molecular flexibility index (Phi) is 3.86. The molecule has 7 heteroatoms. The normalized spacial score (nSPS) is 11.3. The van der Waals surface area contributed by atoms with Gasteiger partial charge in [0.15, 0.2) is 0 Å². The first-order valence-corrected chi connectivity index (χ1v) is 7.56. The number of hydrogen-bond donors (Lipinski definition) is 1. The highest BCUT2D eigenvalue weighted by molar-refractivity contribution is 9.10. The number of aromatic nitrogens is 1. The van der Waals surface area contributed by atoms with Gasteiger partial charge in [0.25, 0.3) is 10.0 Å². The summed E-state index contributed by atoms with van der Waals surface area (Å²) in [4.78, 5) is 3.96. The van der Waals surface area contributed by atoms with Crippen LogP contribution in [0.4, 0.5) is 10.1 Å². The molecule has 0 radical (unpaired) electrons. The monoisotopic (exact) mass is 344 g/mol. The van der Waals surface area contributed by atoms with Crippen LogP contribution in [0.3, 0.4) is 0 Å². The van der Waals surface area contributed by atoms with E-state index in [-0.39, 0.29) is 9.37 Å². The minimum Gasteiger partial charge on any atom is -0.278 e. The van der Waals surface area contributed by atoms with Crippen molar-refractivity contribution in [3.8, 4) is 0 Å². The molecule has 0 spiro atoms. The third-order valence-electron chi connectivity index (χ3n) is 2.35. The van der Waals surface area contributed by atoms with Crippen LogP contribution < -0.4 is 4.72 Å². The lowest BCUT2D eigenvalue weighted by Gasteiger charge is -2.09.